The molecule has 0 N–H and O–H groups in total. The van der Waals surface area contributed by atoms with Gasteiger partial charge in [0.25, 0.3) is 0 Å². The Morgan fingerprint density at radius 3 is 2.57 bits per heavy atom. The van der Waals surface area contributed by atoms with Gasteiger partial charge in [0, 0.05) is 23.8 Å². The zero-order valence-electron chi connectivity index (χ0n) is 7.54. The zero-order valence-corrected chi connectivity index (χ0v) is 9.05. The van der Waals surface area contributed by atoms with E-state index in [9.17, 15) is 0 Å². The summed E-state index contributed by atoms with van der Waals surface area (Å²) in [5.74, 6) is 0. The second-order valence-electron chi connectivity index (χ2n) is 2.96. The fraction of sp³-hybridized carbons (Fsp3) is 0.100. The molecule has 0 saturated carbocycles. The van der Waals surface area contributed by atoms with Crippen LogP contribution in [0, 0.1) is 0 Å². The minimum atomic E-state index is 0.640. The van der Waals surface area contributed by atoms with Gasteiger partial charge in [-0.05, 0) is 24.3 Å². The summed E-state index contributed by atoms with van der Waals surface area (Å²) in [4.78, 5) is 0. The average Bonchev–Trinajstić information content (AvgIpc) is 2.52. The van der Waals surface area contributed by atoms with Crippen molar-refractivity contribution in [1.82, 2.24) is 9.78 Å². The molecule has 0 unspecified atom stereocenters. The fourth-order valence-corrected chi connectivity index (χ4v) is 1.84. The normalized spacial score (nSPS) is 10.5. The van der Waals surface area contributed by atoms with Crippen LogP contribution < -0.4 is 0 Å². The van der Waals surface area contributed by atoms with Gasteiger partial charge >= 0.3 is 0 Å². The SMILES string of the molecule is Cn1nccc1-c1ccc(Cl)cc1Cl. The van der Waals surface area contributed by atoms with Crippen LogP contribution in [-0.4, -0.2) is 9.78 Å². The van der Waals surface area contributed by atoms with Crippen LogP contribution in [0.2, 0.25) is 10.0 Å². The lowest BCUT2D eigenvalue weighted by atomic mass is 10.1. The maximum absolute atomic E-state index is 6.07. The fourth-order valence-electron chi connectivity index (χ4n) is 1.34. The molecule has 0 fully saturated rings. The third kappa shape index (κ3) is 1.63. The van der Waals surface area contributed by atoms with Crippen LogP contribution in [0.15, 0.2) is 30.5 Å². The minimum absolute atomic E-state index is 0.640. The van der Waals surface area contributed by atoms with Gasteiger partial charge in [-0.15, -0.1) is 0 Å². The molecule has 2 nitrogen and oxygen atoms in total. The second-order valence-corrected chi connectivity index (χ2v) is 3.81. The van der Waals surface area contributed by atoms with Crippen molar-refractivity contribution >= 4 is 23.2 Å². The highest BCUT2D eigenvalue weighted by molar-refractivity contribution is 6.36. The summed E-state index contributed by atoms with van der Waals surface area (Å²) in [5, 5.41) is 5.36. The van der Waals surface area contributed by atoms with Crippen molar-refractivity contribution in [3.05, 3.63) is 40.5 Å². The summed E-state index contributed by atoms with van der Waals surface area (Å²) >= 11 is 11.9. The number of hydrogen-bond donors (Lipinski definition) is 0. The van der Waals surface area contributed by atoms with Crippen molar-refractivity contribution in [2.24, 2.45) is 7.05 Å². The Morgan fingerprint density at radius 1 is 1.21 bits per heavy atom. The smallest absolute Gasteiger partial charge is 0.0693 e. The van der Waals surface area contributed by atoms with Gasteiger partial charge in [0.1, 0.15) is 0 Å². The Morgan fingerprint density at radius 2 is 2.00 bits per heavy atom. The topological polar surface area (TPSA) is 17.8 Å². The maximum atomic E-state index is 6.07. The Bertz CT molecular complexity index is 463. The van der Waals surface area contributed by atoms with Crippen LogP contribution in [0.1, 0.15) is 0 Å². The van der Waals surface area contributed by atoms with E-state index in [0.29, 0.717) is 10.0 Å². The van der Waals surface area contributed by atoms with Gasteiger partial charge in [0.05, 0.1) is 10.7 Å². The van der Waals surface area contributed by atoms with Gasteiger partial charge in [-0.25, -0.2) is 0 Å². The molecule has 0 radical (unpaired) electrons. The number of benzene rings is 1. The third-order valence-corrected chi connectivity index (χ3v) is 2.58. The molecule has 1 heterocycles. The zero-order chi connectivity index (χ0) is 10.1. The summed E-state index contributed by atoms with van der Waals surface area (Å²) in [5.41, 5.74) is 1.92. The lowest BCUT2D eigenvalue weighted by molar-refractivity contribution is 0.776. The van der Waals surface area contributed by atoms with E-state index in [4.69, 9.17) is 23.2 Å². The first kappa shape index (κ1) is 9.56. The molecule has 0 amide bonds. The molecule has 0 spiro atoms. The lowest BCUT2D eigenvalue weighted by Crippen LogP contribution is -1.93. The van der Waals surface area contributed by atoms with E-state index < -0.39 is 0 Å². The molecule has 72 valence electrons. The standard InChI is InChI=1S/C10H8Cl2N2/c1-14-10(4-5-13-14)8-3-2-7(11)6-9(8)12/h2-6H,1H3. The number of rotatable bonds is 1. The van der Waals surface area contributed by atoms with E-state index in [2.05, 4.69) is 5.10 Å². The molecule has 1 aromatic carbocycles. The Labute approximate surface area is 92.1 Å². The summed E-state index contributed by atoms with van der Waals surface area (Å²) in [6, 6.07) is 7.35. The molecule has 14 heavy (non-hydrogen) atoms. The Balaban J connectivity index is 2.58. The highest BCUT2D eigenvalue weighted by Crippen LogP contribution is 2.29. The lowest BCUT2D eigenvalue weighted by Gasteiger charge is -2.04. The van der Waals surface area contributed by atoms with Crippen molar-refractivity contribution in [2.45, 2.75) is 0 Å². The maximum Gasteiger partial charge on any atom is 0.0693 e. The molecule has 4 heteroatoms. The average molecular weight is 227 g/mol. The molecule has 1 aromatic heterocycles. The van der Waals surface area contributed by atoms with Crippen LogP contribution in [-0.2, 0) is 7.05 Å². The molecule has 2 rings (SSSR count). The monoisotopic (exact) mass is 226 g/mol. The summed E-state index contributed by atoms with van der Waals surface area (Å²) in [7, 11) is 1.88. The first-order valence-electron chi connectivity index (χ1n) is 4.12. The van der Waals surface area contributed by atoms with E-state index in [1.165, 1.54) is 0 Å². The molecule has 0 saturated heterocycles. The Kier molecular flexibility index (Phi) is 2.48. The van der Waals surface area contributed by atoms with Crippen LogP contribution in [0.5, 0.6) is 0 Å². The third-order valence-electron chi connectivity index (χ3n) is 2.03. The van der Waals surface area contributed by atoms with Crippen molar-refractivity contribution in [3.63, 3.8) is 0 Å². The molecule has 0 atom stereocenters. The van der Waals surface area contributed by atoms with Crippen LogP contribution in [0.4, 0.5) is 0 Å². The molecule has 0 aliphatic carbocycles. The van der Waals surface area contributed by atoms with Gasteiger partial charge in [-0.1, -0.05) is 23.2 Å². The van der Waals surface area contributed by atoms with E-state index in [-0.39, 0.29) is 0 Å². The molecule has 0 aliphatic rings. The molecular formula is C10H8Cl2N2. The first-order valence-corrected chi connectivity index (χ1v) is 4.87. The predicted molar refractivity (Wildman–Crippen MR) is 58.7 cm³/mol. The number of halogens is 2. The summed E-state index contributed by atoms with van der Waals surface area (Å²) < 4.78 is 1.77. The van der Waals surface area contributed by atoms with Crippen molar-refractivity contribution < 1.29 is 0 Å². The highest BCUT2D eigenvalue weighted by Gasteiger charge is 2.06. The highest BCUT2D eigenvalue weighted by atomic mass is 35.5. The van der Waals surface area contributed by atoms with Gasteiger partial charge in [-0.3, -0.25) is 4.68 Å². The van der Waals surface area contributed by atoms with Crippen molar-refractivity contribution in [3.8, 4) is 11.3 Å². The molecule has 0 bridgehead atoms. The summed E-state index contributed by atoms with van der Waals surface area (Å²) in [6.07, 6.45) is 1.74. The number of hydrogen-bond acceptors (Lipinski definition) is 1. The van der Waals surface area contributed by atoms with Gasteiger partial charge < -0.3 is 0 Å². The largest absolute Gasteiger partial charge is 0.268 e. The van der Waals surface area contributed by atoms with Crippen molar-refractivity contribution in [2.75, 3.05) is 0 Å². The summed E-state index contributed by atoms with van der Waals surface area (Å²) in [6.45, 7) is 0. The Hall–Kier alpha value is -0.990. The number of aryl methyl sites for hydroxylation is 1. The van der Waals surface area contributed by atoms with E-state index >= 15 is 0 Å². The first-order chi connectivity index (χ1) is 6.68. The van der Waals surface area contributed by atoms with Crippen LogP contribution in [0.25, 0.3) is 11.3 Å². The van der Waals surface area contributed by atoms with E-state index in [0.717, 1.165) is 11.3 Å². The molecule has 2 aromatic rings. The molecular weight excluding hydrogens is 219 g/mol. The minimum Gasteiger partial charge on any atom is -0.268 e. The van der Waals surface area contributed by atoms with Gasteiger partial charge in [0.2, 0.25) is 0 Å². The number of nitrogens with zero attached hydrogens (tertiary/aromatic N) is 2. The quantitative estimate of drug-likeness (QED) is 0.730. The van der Waals surface area contributed by atoms with Crippen LogP contribution in [0.3, 0.4) is 0 Å². The van der Waals surface area contributed by atoms with Crippen molar-refractivity contribution in [1.29, 1.82) is 0 Å². The number of aromatic nitrogens is 2. The molecule has 0 aliphatic heterocycles. The van der Waals surface area contributed by atoms with E-state index in [1.54, 1.807) is 16.9 Å². The predicted octanol–water partition coefficient (Wildman–Crippen LogP) is 3.39. The van der Waals surface area contributed by atoms with E-state index in [1.807, 2.05) is 25.2 Å². The van der Waals surface area contributed by atoms with Crippen LogP contribution >= 0.6 is 23.2 Å². The van der Waals surface area contributed by atoms with Gasteiger partial charge in [0.15, 0.2) is 0 Å². The second kappa shape index (κ2) is 3.64. The van der Waals surface area contributed by atoms with Gasteiger partial charge in [-0.2, -0.15) is 5.10 Å².